The second kappa shape index (κ2) is 7.67. The summed E-state index contributed by atoms with van der Waals surface area (Å²) in [5.41, 5.74) is 0.890. The van der Waals surface area contributed by atoms with Crippen LogP contribution in [0.3, 0.4) is 0 Å². The fourth-order valence-electron chi connectivity index (χ4n) is 1.80. The summed E-state index contributed by atoms with van der Waals surface area (Å²) >= 11 is 3.47. The quantitative estimate of drug-likeness (QED) is 0.730. The molecule has 0 aliphatic carbocycles. The number of rotatable bonds is 5. The van der Waals surface area contributed by atoms with Crippen LogP contribution in [0.15, 0.2) is 28.7 Å². The summed E-state index contributed by atoms with van der Waals surface area (Å²) in [5, 5.41) is 0. The minimum atomic E-state index is -0.429. The molecule has 0 fully saturated rings. The molecule has 0 unspecified atom stereocenters. The van der Waals surface area contributed by atoms with E-state index in [2.05, 4.69) is 28.1 Å². The second-order valence-corrected chi connectivity index (χ2v) is 6.90. The first-order valence-electron chi connectivity index (χ1n) is 6.96. The van der Waals surface area contributed by atoms with E-state index < -0.39 is 5.60 Å². The lowest BCUT2D eigenvalue weighted by Gasteiger charge is -2.24. The summed E-state index contributed by atoms with van der Waals surface area (Å²) in [6.45, 7) is 6.37. The summed E-state index contributed by atoms with van der Waals surface area (Å²) in [6.07, 6.45) is 2.81. The second-order valence-electron chi connectivity index (χ2n) is 5.99. The minimum absolute atomic E-state index is 0.250. The molecule has 112 valence electrons. The Hall–Kier alpha value is -1.03. The van der Waals surface area contributed by atoms with E-state index in [1.807, 2.05) is 32.9 Å². The largest absolute Gasteiger partial charge is 0.444 e. The number of halogens is 1. The molecule has 0 aromatic heterocycles. The average Bonchev–Trinajstić information content (AvgIpc) is 2.32. The smallest absolute Gasteiger partial charge is 0.410 e. The number of amides is 1. The number of carbonyl (C=O) groups excluding carboxylic acids is 1. The lowest BCUT2D eigenvalue weighted by Crippen LogP contribution is -2.34. The third-order valence-electron chi connectivity index (χ3n) is 2.80. The summed E-state index contributed by atoms with van der Waals surface area (Å²) in [4.78, 5) is 13.4. The van der Waals surface area contributed by atoms with Crippen molar-refractivity contribution in [2.24, 2.45) is 0 Å². The number of ether oxygens (including phenoxy) is 1. The van der Waals surface area contributed by atoms with Crippen LogP contribution in [0.2, 0.25) is 0 Å². The van der Waals surface area contributed by atoms with E-state index in [0.29, 0.717) is 0 Å². The Bertz CT molecular complexity index is 440. The van der Waals surface area contributed by atoms with Gasteiger partial charge in [-0.05, 0) is 57.7 Å². The van der Waals surface area contributed by atoms with E-state index >= 15 is 0 Å². The zero-order valence-electron chi connectivity index (χ0n) is 12.8. The highest BCUT2D eigenvalue weighted by atomic mass is 79.9. The molecule has 0 heterocycles. The Morgan fingerprint density at radius 1 is 1.30 bits per heavy atom. The highest BCUT2D eigenvalue weighted by molar-refractivity contribution is 9.10. The number of hydrogen-bond acceptors (Lipinski definition) is 2. The van der Waals surface area contributed by atoms with Gasteiger partial charge in [-0.25, -0.2) is 4.79 Å². The van der Waals surface area contributed by atoms with Gasteiger partial charge in [0.2, 0.25) is 0 Å². The van der Waals surface area contributed by atoms with Crippen LogP contribution >= 0.6 is 15.9 Å². The maximum atomic E-state index is 11.8. The third-order valence-corrected chi connectivity index (χ3v) is 3.30. The zero-order valence-corrected chi connectivity index (χ0v) is 14.4. The first-order valence-corrected chi connectivity index (χ1v) is 7.76. The molecular formula is C16H24BrNO2. The molecule has 3 nitrogen and oxygen atoms in total. The number of carbonyl (C=O) groups is 1. The van der Waals surface area contributed by atoms with Crippen molar-refractivity contribution >= 4 is 22.0 Å². The molecule has 0 aliphatic rings. The molecule has 0 atom stereocenters. The van der Waals surface area contributed by atoms with Crippen molar-refractivity contribution in [3.05, 3.63) is 34.3 Å². The van der Waals surface area contributed by atoms with Crippen LogP contribution in [0, 0.1) is 0 Å². The van der Waals surface area contributed by atoms with Crippen molar-refractivity contribution in [2.75, 3.05) is 13.6 Å². The maximum absolute atomic E-state index is 11.8. The van der Waals surface area contributed by atoms with Gasteiger partial charge in [0, 0.05) is 18.1 Å². The number of hydrogen-bond donors (Lipinski definition) is 0. The first kappa shape index (κ1) is 17.0. The monoisotopic (exact) mass is 341 g/mol. The topological polar surface area (TPSA) is 29.5 Å². The first-order chi connectivity index (χ1) is 9.28. The summed E-state index contributed by atoms with van der Waals surface area (Å²) < 4.78 is 6.42. The van der Waals surface area contributed by atoms with Crippen LogP contribution in [0.25, 0.3) is 0 Å². The molecule has 0 spiro atoms. The molecule has 1 amide bonds. The van der Waals surface area contributed by atoms with Crippen LogP contribution in [0.4, 0.5) is 4.79 Å². The van der Waals surface area contributed by atoms with E-state index in [1.165, 1.54) is 5.56 Å². The van der Waals surface area contributed by atoms with Gasteiger partial charge in [-0.3, -0.25) is 0 Å². The summed E-state index contributed by atoms with van der Waals surface area (Å²) in [6, 6.07) is 8.34. The van der Waals surface area contributed by atoms with Crippen LogP contribution in [-0.2, 0) is 11.2 Å². The van der Waals surface area contributed by atoms with Crippen molar-refractivity contribution in [3.8, 4) is 0 Å². The molecule has 0 aliphatic heterocycles. The van der Waals surface area contributed by atoms with Gasteiger partial charge in [0.05, 0.1) is 0 Å². The van der Waals surface area contributed by atoms with Crippen LogP contribution in [0.5, 0.6) is 0 Å². The van der Waals surface area contributed by atoms with Crippen LogP contribution in [0.1, 0.15) is 39.2 Å². The molecule has 1 aromatic carbocycles. The van der Waals surface area contributed by atoms with E-state index in [9.17, 15) is 4.79 Å². The molecule has 1 aromatic rings. The molecule has 4 heteroatoms. The highest BCUT2D eigenvalue weighted by Gasteiger charge is 2.18. The van der Waals surface area contributed by atoms with E-state index in [0.717, 1.165) is 30.3 Å². The number of aryl methyl sites for hydroxylation is 1. The standard InChI is InChI=1S/C16H24BrNO2/c1-16(2,3)20-15(19)18(4)11-6-5-8-13-9-7-10-14(17)12-13/h7,9-10,12H,5-6,8,11H2,1-4H3. The van der Waals surface area contributed by atoms with Gasteiger partial charge in [-0.1, -0.05) is 28.1 Å². The SMILES string of the molecule is CN(CCCCc1cccc(Br)c1)C(=O)OC(C)(C)C. The third kappa shape index (κ3) is 6.94. The molecule has 0 N–H and O–H groups in total. The fraction of sp³-hybridized carbons (Fsp3) is 0.562. The Morgan fingerprint density at radius 3 is 2.60 bits per heavy atom. The van der Waals surface area contributed by atoms with E-state index in [-0.39, 0.29) is 6.09 Å². The predicted molar refractivity (Wildman–Crippen MR) is 85.9 cm³/mol. The number of nitrogens with zero attached hydrogens (tertiary/aromatic N) is 1. The van der Waals surface area contributed by atoms with Gasteiger partial charge >= 0.3 is 6.09 Å². The molecular weight excluding hydrogens is 318 g/mol. The molecule has 0 saturated heterocycles. The van der Waals surface area contributed by atoms with E-state index in [4.69, 9.17) is 4.74 Å². The number of benzene rings is 1. The van der Waals surface area contributed by atoms with E-state index in [1.54, 1.807) is 11.9 Å². The molecule has 1 rings (SSSR count). The van der Waals surface area contributed by atoms with Gasteiger partial charge in [-0.2, -0.15) is 0 Å². The van der Waals surface area contributed by atoms with Gasteiger partial charge in [0.15, 0.2) is 0 Å². The predicted octanol–water partition coefficient (Wildman–Crippen LogP) is 4.64. The van der Waals surface area contributed by atoms with Crippen molar-refractivity contribution in [1.29, 1.82) is 0 Å². The van der Waals surface area contributed by atoms with Crippen LogP contribution in [-0.4, -0.2) is 30.2 Å². The van der Waals surface area contributed by atoms with Gasteiger partial charge < -0.3 is 9.64 Å². The lowest BCUT2D eigenvalue weighted by molar-refractivity contribution is 0.0296. The van der Waals surface area contributed by atoms with Crippen LogP contribution < -0.4 is 0 Å². The summed E-state index contributed by atoms with van der Waals surface area (Å²) in [7, 11) is 1.78. The molecule has 0 saturated carbocycles. The Balaban J connectivity index is 2.25. The minimum Gasteiger partial charge on any atom is -0.444 e. The average molecular weight is 342 g/mol. The zero-order chi connectivity index (χ0) is 15.2. The maximum Gasteiger partial charge on any atom is 0.410 e. The molecule has 0 bridgehead atoms. The van der Waals surface area contributed by atoms with Crippen molar-refractivity contribution < 1.29 is 9.53 Å². The van der Waals surface area contributed by atoms with Gasteiger partial charge in [-0.15, -0.1) is 0 Å². The molecule has 0 radical (unpaired) electrons. The number of unbranched alkanes of at least 4 members (excludes halogenated alkanes) is 1. The normalized spacial score (nSPS) is 11.2. The highest BCUT2D eigenvalue weighted by Crippen LogP contribution is 2.14. The van der Waals surface area contributed by atoms with Crippen molar-refractivity contribution in [3.63, 3.8) is 0 Å². The fourth-order valence-corrected chi connectivity index (χ4v) is 2.25. The van der Waals surface area contributed by atoms with Gasteiger partial charge in [0.25, 0.3) is 0 Å². The lowest BCUT2D eigenvalue weighted by atomic mass is 10.1. The Kier molecular flexibility index (Phi) is 6.53. The Morgan fingerprint density at radius 2 is 2.00 bits per heavy atom. The van der Waals surface area contributed by atoms with Crippen molar-refractivity contribution in [2.45, 2.75) is 45.6 Å². The Labute approximate surface area is 130 Å². The summed E-state index contributed by atoms with van der Waals surface area (Å²) in [5.74, 6) is 0. The van der Waals surface area contributed by atoms with Gasteiger partial charge in [0.1, 0.15) is 5.60 Å². The molecule has 20 heavy (non-hydrogen) atoms. The van der Waals surface area contributed by atoms with Crippen molar-refractivity contribution in [1.82, 2.24) is 4.90 Å².